The topological polar surface area (TPSA) is 157 Å². The molecule has 1 amide bonds. The number of halogens is 3. The molecule has 0 aromatic heterocycles. The van der Waals surface area contributed by atoms with Gasteiger partial charge in [-0.25, -0.2) is 9.59 Å². The standard InChI is InChI=1S/C21H18F3N3O7/c22-21(23,24)20(32)34-17(29)11-33-15-7-5-13(6-8-15)18(30)16(10-28)27-19(31)14-3-1-12(2-4-14)9-26-25/h1-9,16,28H,10-11,25H2,(H,27,31)/b26-9+/t16-/m0/s1. The number of ketones is 1. The second kappa shape index (κ2) is 11.6. The molecule has 0 fully saturated rings. The molecular formula is C21H18F3N3O7. The lowest BCUT2D eigenvalue weighted by Crippen LogP contribution is -2.43. The molecule has 34 heavy (non-hydrogen) atoms. The number of nitrogens with one attached hydrogen (secondary N) is 1. The van der Waals surface area contributed by atoms with Crippen LogP contribution >= 0.6 is 0 Å². The van der Waals surface area contributed by atoms with E-state index in [1.165, 1.54) is 42.6 Å². The number of nitrogens with two attached hydrogens (primary N) is 1. The molecule has 180 valence electrons. The molecule has 0 aliphatic carbocycles. The summed E-state index contributed by atoms with van der Waals surface area (Å²) in [5.41, 5.74) is 0.937. The molecule has 13 heteroatoms. The van der Waals surface area contributed by atoms with E-state index in [4.69, 9.17) is 10.6 Å². The molecule has 2 aromatic carbocycles. The minimum absolute atomic E-state index is 0.0151. The maximum Gasteiger partial charge on any atom is 0.491 e. The zero-order valence-corrected chi connectivity index (χ0v) is 17.2. The highest BCUT2D eigenvalue weighted by Crippen LogP contribution is 2.17. The Morgan fingerprint density at radius 2 is 1.62 bits per heavy atom. The number of nitrogens with zero attached hydrogens (tertiary/aromatic N) is 1. The number of ether oxygens (including phenoxy) is 2. The van der Waals surface area contributed by atoms with Gasteiger partial charge in [0.2, 0.25) is 0 Å². The van der Waals surface area contributed by atoms with Gasteiger partial charge < -0.3 is 25.7 Å². The number of rotatable bonds is 9. The first-order valence-electron chi connectivity index (χ1n) is 9.39. The number of aliphatic hydroxyl groups is 1. The summed E-state index contributed by atoms with van der Waals surface area (Å²) in [7, 11) is 0. The van der Waals surface area contributed by atoms with Gasteiger partial charge in [0.05, 0.1) is 12.8 Å². The maximum absolute atomic E-state index is 12.6. The lowest BCUT2D eigenvalue weighted by molar-refractivity contribution is -0.202. The maximum atomic E-state index is 12.6. The fourth-order valence-electron chi connectivity index (χ4n) is 2.49. The van der Waals surface area contributed by atoms with Gasteiger partial charge in [0, 0.05) is 11.1 Å². The molecule has 0 spiro atoms. The van der Waals surface area contributed by atoms with E-state index in [-0.39, 0.29) is 16.9 Å². The number of amides is 1. The number of aliphatic hydroxyl groups excluding tert-OH is 1. The largest absolute Gasteiger partial charge is 0.491 e. The number of carbonyl (C=O) groups excluding carboxylic acids is 4. The Bertz CT molecular complexity index is 1070. The third-order valence-electron chi connectivity index (χ3n) is 4.13. The van der Waals surface area contributed by atoms with Gasteiger partial charge in [-0.2, -0.15) is 18.3 Å². The number of hydrazone groups is 1. The normalized spacial score (nSPS) is 12.1. The van der Waals surface area contributed by atoms with Crippen molar-refractivity contribution in [2.75, 3.05) is 13.2 Å². The molecule has 0 bridgehead atoms. The van der Waals surface area contributed by atoms with Crippen LogP contribution in [0.15, 0.2) is 53.6 Å². The van der Waals surface area contributed by atoms with Crippen molar-refractivity contribution >= 4 is 29.8 Å². The molecule has 0 aliphatic heterocycles. The van der Waals surface area contributed by atoms with Crippen molar-refractivity contribution in [1.29, 1.82) is 0 Å². The highest BCUT2D eigenvalue weighted by molar-refractivity contribution is 6.04. The van der Waals surface area contributed by atoms with Crippen molar-refractivity contribution in [3.8, 4) is 5.75 Å². The SMILES string of the molecule is N/N=C/c1ccc(C(=O)N[C@@H](CO)C(=O)c2ccc(OCC(=O)OC(=O)C(F)(F)F)cc2)cc1. The third kappa shape index (κ3) is 7.41. The number of alkyl halides is 3. The Hall–Kier alpha value is -4.26. The molecular weight excluding hydrogens is 463 g/mol. The fourth-order valence-corrected chi connectivity index (χ4v) is 2.49. The zero-order valence-electron chi connectivity index (χ0n) is 17.2. The number of hydrogen-bond donors (Lipinski definition) is 3. The number of benzene rings is 2. The average Bonchev–Trinajstić information content (AvgIpc) is 2.81. The van der Waals surface area contributed by atoms with Crippen LogP contribution in [0.2, 0.25) is 0 Å². The molecule has 1 atom stereocenters. The van der Waals surface area contributed by atoms with Crippen LogP contribution in [0.1, 0.15) is 26.3 Å². The van der Waals surface area contributed by atoms with Gasteiger partial charge in [-0.05, 0) is 42.0 Å². The molecule has 2 rings (SSSR count). The van der Waals surface area contributed by atoms with Crippen molar-refractivity contribution < 1.29 is 46.9 Å². The van der Waals surface area contributed by atoms with Gasteiger partial charge in [0.25, 0.3) is 5.91 Å². The molecule has 0 saturated carbocycles. The fraction of sp³-hybridized carbons (Fsp3) is 0.190. The second-order valence-corrected chi connectivity index (χ2v) is 6.55. The molecule has 0 saturated heterocycles. The molecule has 0 heterocycles. The van der Waals surface area contributed by atoms with Crippen LogP contribution in [-0.4, -0.2) is 60.4 Å². The quantitative estimate of drug-likeness (QED) is 0.119. The van der Waals surface area contributed by atoms with Crippen molar-refractivity contribution in [3.63, 3.8) is 0 Å². The van der Waals surface area contributed by atoms with E-state index in [1.54, 1.807) is 12.1 Å². The molecule has 2 aromatic rings. The summed E-state index contributed by atoms with van der Waals surface area (Å²) in [5, 5.41) is 15.3. The summed E-state index contributed by atoms with van der Waals surface area (Å²) < 4.78 is 44.6. The van der Waals surface area contributed by atoms with Crippen LogP contribution in [-0.2, 0) is 14.3 Å². The first-order valence-corrected chi connectivity index (χ1v) is 9.39. The van der Waals surface area contributed by atoms with E-state index in [2.05, 4.69) is 15.2 Å². The molecule has 4 N–H and O–H groups in total. The Morgan fingerprint density at radius 1 is 1.03 bits per heavy atom. The number of Topliss-reactive ketones (excluding diaryl/α,β-unsaturated/α-hetero) is 1. The van der Waals surface area contributed by atoms with Crippen LogP contribution in [0.25, 0.3) is 0 Å². The summed E-state index contributed by atoms with van der Waals surface area (Å²) in [5.74, 6) is -0.445. The minimum atomic E-state index is -5.32. The highest BCUT2D eigenvalue weighted by Gasteiger charge is 2.42. The summed E-state index contributed by atoms with van der Waals surface area (Å²) in [6.45, 7) is -1.68. The van der Waals surface area contributed by atoms with Crippen molar-refractivity contribution in [2.45, 2.75) is 12.2 Å². The summed E-state index contributed by atoms with van der Waals surface area (Å²) in [4.78, 5) is 46.8. The Labute approximate surface area is 190 Å². The van der Waals surface area contributed by atoms with Crippen molar-refractivity contribution in [1.82, 2.24) is 5.32 Å². The zero-order chi connectivity index (χ0) is 25.3. The third-order valence-corrected chi connectivity index (χ3v) is 4.13. The van der Waals surface area contributed by atoms with Crippen molar-refractivity contribution in [2.24, 2.45) is 10.9 Å². The highest BCUT2D eigenvalue weighted by atomic mass is 19.4. The molecule has 0 radical (unpaired) electrons. The lowest BCUT2D eigenvalue weighted by Gasteiger charge is -2.16. The monoisotopic (exact) mass is 481 g/mol. The number of esters is 2. The van der Waals surface area contributed by atoms with Crippen molar-refractivity contribution in [3.05, 3.63) is 65.2 Å². The van der Waals surface area contributed by atoms with Gasteiger partial charge in [0.1, 0.15) is 11.8 Å². The van der Waals surface area contributed by atoms with Gasteiger partial charge in [-0.15, -0.1) is 0 Å². The number of hydrogen-bond acceptors (Lipinski definition) is 9. The van der Waals surface area contributed by atoms with E-state index < -0.39 is 49.1 Å². The Morgan fingerprint density at radius 3 is 2.15 bits per heavy atom. The van der Waals surface area contributed by atoms with Gasteiger partial charge in [-0.3, -0.25) is 9.59 Å². The van der Waals surface area contributed by atoms with Crippen LogP contribution < -0.4 is 15.9 Å². The van der Waals surface area contributed by atoms with Crippen LogP contribution in [0.3, 0.4) is 0 Å². The van der Waals surface area contributed by atoms with Gasteiger partial charge in [0.15, 0.2) is 12.4 Å². The average molecular weight is 481 g/mol. The van der Waals surface area contributed by atoms with Gasteiger partial charge >= 0.3 is 18.1 Å². The van der Waals surface area contributed by atoms with Crippen LogP contribution in [0, 0.1) is 0 Å². The van der Waals surface area contributed by atoms with E-state index in [9.17, 15) is 37.5 Å². The summed E-state index contributed by atoms with van der Waals surface area (Å²) in [6.07, 6.45) is -3.95. The predicted molar refractivity (Wildman–Crippen MR) is 110 cm³/mol. The molecule has 0 unspecified atom stereocenters. The summed E-state index contributed by atoms with van der Waals surface area (Å²) in [6, 6.07) is 9.78. The Kier molecular flexibility index (Phi) is 8.84. The first-order chi connectivity index (χ1) is 16.0. The minimum Gasteiger partial charge on any atom is -0.482 e. The predicted octanol–water partition coefficient (Wildman–Crippen LogP) is 0.964. The summed E-state index contributed by atoms with van der Waals surface area (Å²) >= 11 is 0. The van der Waals surface area contributed by atoms with E-state index in [1.807, 2.05) is 0 Å². The van der Waals surface area contributed by atoms with Crippen LogP contribution in [0.5, 0.6) is 5.75 Å². The molecule has 10 nitrogen and oxygen atoms in total. The van der Waals surface area contributed by atoms with E-state index in [0.29, 0.717) is 5.56 Å². The van der Waals surface area contributed by atoms with Crippen LogP contribution in [0.4, 0.5) is 13.2 Å². The number of carbonyl (C=O) groups is 4. The van der Waals surface area contributed by atoms with E-state index >= 15 is 0 Å². The lowest BCUT2D eigenvalue weighted by atomic mass is 10.0. The van der Waals surface area contributed by atoms with E-state index in [0.717, 1.165) is 0 Å². The molecule has 0 aliphatic rings. The first kappa shape index (κ1) is 26.0. The second-order valence-electron chi connectivity index (χ2n) is 6.55. The smallest absolute Gasteiger partial charge is 0.482 e. The Balaban J connectivity index is 1.95. The van der Waals surface area contributed by atoms with Gasteiger partial charge in [-0.1, -0.05) is 12.1 Å².